The normalized spacial score (nSPS) is 9.86. The minimum Gasteiger partial charge on any atom is -0.480 e. The number of nitrogen functional groups attached to an aromatic ring is 1. The second-order valence-corrected chi connectivity index (χ2v) is 3.29. The van der Waals surface area contributed by atoms with Gasteiger partial charge in [0.15, 0.2) is 0 Å². The van der Waals surface area contributed by atoms with E-state index in [1.165, 1.54) is 0 Å². The van der Waals surface area contributed by atoms with Crippen LogP contribution in [0.15, 0.2) is 12.1 Å². The van der Waals surface area contributed by atoms with Gasteiger partial charge in [0, 0.05) is 0 Å². The largest absolute Gasteiger partial charge is 0.480 e. The minimum absolute atomic E-state index is 0.118. The van der Waals surface area contributed by atoms with Crippen molar-refractivity contribution in [1.29, 1.82) is 0 Å². The molecule has 1 aromatic rings. The predicted molar refractivity (Wildman–Crippen MR) is 56.5 cm³/mol. The van der Waals surface area contributed by atoms with Crippen LogP contribution in [-0.4, -0.2) is 17.6 Å². The van der Waals surface area contributed by atoms with Gasteiger partial charge in [0.2, 0.25) is 0 Å². The van der Waals surface area contributed by atoms with E-state index in [0.717, 1.165) is 11.1 Å². The van der Waals surface area contributed by atoms with Gasteiger partial charge in [-0.15, -0.1) is 0 Å². The lowest BCUT2D eigenvalue weighted by molar-refractivity contribution is -0.134. The molecule has 0 fully saturated rings. The number of aliphatic carboxylic acids is 1. The first-order chi connectivity index (χ1) is 6.50. The first-order valence-electron chi connectivity index (χ1n) is 4.33. The van der Waals surface area contributed by atoms with Crippen LogP contribution in [0.25, 0.3) is 0 Å². The van der Waals surface area contributed by atoms with Crippen molar-refractivity contribution in [3.8, 4) is 0 Å². The van der Waals surface area contributed by atoms with Crippen LogP contribution in [0.2, 0.25) is 0 Å². The van der Waals surface area contributed by atoms with Crippen molar-refractivity contribution >= 4 is 17.3 Å². The number of nitrogens with two attached hydrogens (primary N) is 1. The zero-order valence-corrected chi connectivity index (χ0v) is 8.29. The van der Waals surface area contributed by atoms with Gasteiger partial charge in [-0.05, 0) is 31.0 Å². The highest BCUT2D eigenvalue weighted by Crippen LogP contribution is 2.23. The fourth-order valence-corrected chi connectivity index (χ4v) is 1.30. The summed E-state index contributed by atoms with van der Waals surface area (Å²) in [5.74, 6) is -0.899. The molecule has 0 saturated heterocycles. The van der Waals surface area contributed by atoms with Gasteiger partial charge in [-0.3, -0.25) is 4.79 Å². The number of carbonyl (C=O) groups is 1. The molecule has 4 N–H and O–H groups in total. The van der Waals surface area contributed by atoms with E-state index in [2.05, 4.69) is 5.32 Å². The van der Waals surface area contributed by atoms with Crippen LogP contribution in [0.1, 0.15) is 11.1 Å². The van der Waals surface area contributed by atoms with Crippen LogP contribution in [0.4, 0.5) is 11.4 Å². The van der Waals surface area contributed by atoms with Crippen molar-refractivity contribution in [3.63, 3.8) is 0 Å². The summed E-state index contributed by atoms with van der Waals surface area (Å²) in [6.45, 7) is 3.72. The Morgan fingerprint density at radius 3 is 2.71 bits per heavy atom. The van der Waals surface area contributed by atoms with Gasteiger partial charge in [0.05, 0.1) is 11.4 Å². The van der Waals surface area contributed by atoms with E-state index >= 15 is 0 Å². The average molecular weight is 194 g/mol. The fraction of sp³-hybridized carbons (Fsp3) is 0.300. The number of aryl methyl sites for hydroxylation is 2. The van der Waals surface area contributed by atoms with E-state index in [1.807, 2.05) is 26.0 Å². The van der Waals surface area contributed by atoms with E-state index < -0.39 is 5.97 Å². The van der Waals surface area contributed by atoms with E-state index in [1.54, 1.807) is 0 Å². The van der Waals surface area contributed by atoms with Crippen molar-refractivity contribution in [2.45, 2.75) is 13.8 Å². The van der Waals surface area contributed by atoms with Crippen molar-refractivity contribution < 1.29 is 9.90 Å². The lowest BCUT2D eigenvalue weighted by Gasteiger charge is -2.10. The van der Waals surface area contributed by atoms with Gasteiger partial charge in [-0.1, -0.05) is 6.07 Å². The summed E-state index contributed by atoms with van der Waals surface area (Å²) in [5.41, 5.74) is 9.09. The Bertz CT molecular complexity index is 361. The first kappa shape index (κ1) is 10.4. The van der Waals surface area contributed by atoms with Crippen molar-refractivity contribution in [1.82, 2.24) is 0 Å². The van der Waals surface area contributed by atoms with Gasteiger partial charge in [-0.25, -0.2) is 0 Å². The Hall–Kier alpha value is -1.71. The lowest BCUT2D eigenvalue weighted by Crippen LogP contribution is -2.13. The minimum atomic E-state index is -0.899. The first-order valence-corrected chi connectivity index (χ1v) is 4.33. The number of hydrogen-bond donors (Lipinski definition) is 3. The molecule has 1 rings (SSSR count). The summed E-state index contributed by atoms with van der Waals surface area (Å²) in [5, 5.41) is 11.3. The Kier molecular flexibility index (Phi) is 2.96. The summed E-state index contributed by atoms with van der Waals surface area (Å²) >= 11 is 0. The smallest absolute Gasteiger partial charge is 0.322 e. The maximum absolute atomic E-state index is 10.4. The Balaban J connectivity index is 2.90. The predicted octanol–water partition coefficient (Wildman–Crippen LogP) is 1.38. The number of nitrogens with one attached hydrogen (secondary N) is 1. The third-order valence-electron chi connectivity index (χ3n) is 1.96. The maximum Gasteiger partial charge on any atom is 0.322 e. The molecule has 14 heavy (non-hydrogen) atoms. The van der Waals surface area contributed by atoms with Crippen molar-refractivity contribution in [2.24, 2.45) is 0 Å². The third kappa shape index (κ3) is 2.39. The van der Waals surface area contributed by atoms with Crippen LogP contribution in [0.3, 0.4) is 0 Å². The molecular weight excluding hydrogens is 180 g/mol. The molecule has 0 aliphatic heterocycles. The summed E-state index contributed by atoms with van der Waals surface area (Å²) in [6.07, 6.45) is 0. The summed E-state index contributed by atoms with van der Waals surface area (Å²) in [4.78, 5) is 10.4. The van der Waals surface area contributed by atoms with Gasteiger partial charge in [0.1, 0.15) is 6.54 Å². The van der Waals surface area contributed by atoms with E-state index in [0.29, 0.717) is 11.4 Å². The molecule has 4 heteroatoms. The molecular formula is C10H14N2O2. The van der Waals surface area contributed by atoms with Gasteiger partial charge in [-0.2, -0.15) is 0 Å². The third-order valence-corrected chi connectivity index (χ3v) is 1.96. The van der Waals surface area contributed by atoms with Gasteiger partial charge >= 0.3 is 5.97 Å². The van der Waals surface area contributed by atoms with Crippen LogP contribution in [0.5, 0.6) is 0 Å². The van der Waals surface area contributed by atoms with E-state index in [-0.39, 0.29) is 6.54 Å². The molecule has 0 spiro atoms. The molecule has 4 nitrogen and oxygen atoms in total. The quantitative estimate of drug-likeness (QED) is 0.635. The number of carboxylic acids is 1. The molecule has 0 atom stereocenters. The van der Waals surface area contributed by atoms with Crippen LogP contribution >= 0.6 is 0 Å². The fourth-order valence-electron chi connectivity index (χ4n) is 1.30. The Labute approximate surface area is 82.7 Å². The summed E-state index contributed by atoms with van der Waals surface area (Å²) in [6, 6.07) is 3.80. The lowest BCUT2D eigenvalue weighted by atomic mass is 10.1. The standard InChI is InChI=1S/C10H14N2O2/c1-6-3-7(2)10(11)8(4-6)12-5-9(13)14/h3-4,12H,5,11H2,1-2H3,(H,13,14). The van der Waals surface area contributed by atoms with E-state index in [9.17, 15) is 4.79 Å². The molecule has 0 unspecified atom stereocenters. The van der Waals surface area contributed by atoms with Crippen LogP contribution in [-0.2, 0) is 4.79 Å². The highest BCUT2D eigenvalue weighted by molar-refractivity contribution is 5.77. The zero-order valence-electron chi connectivity index (χ0n) is 8.29. The molecule has 0 heterocycles. The van der Waals surface area contributed by atoms with E-state index in [4.69, 9.17) is 10.8 Å². The van der Waals surface area contributed by atoms with Crippen LogP contribution in [0, 0.1) is 13.8 Å². The number of benzene rings is 1. The molecule has 0 radical (unpaired) electrons. The molecule has 76 valence electrons. The van der Waals surface area contributed by atoms with Gasteiger partial charge < -0.3 is 16.2 Å². The number of carboxylic acid groups (broad SMARTS) is 1. The molecule has 0 aliphatic carbocycles. The molecule has 0 aliphatic rings. The second-order valence-electron chi connectivity index (χ2n) is 3.29. The number of rotatable bonds is 3. The van der Waals surface area contributed by atoms with Crippen molar-refractivity contribution in [2.75, 3.05) is 17.6 Å². The second kappa shape index (κ2) is 4.00. The highest BCUT2D eigenvalue weighted by Gasteiger charge is 2.04. The topological polar surface area (TPSA) is 75.3 Å². The summed E-state index contributed by atoms with van der Waals surface area (Å²) < 4.78 is 0. The van der Waals surface area contributed by atoms with Crippen LogP contribution < -0.4 is 11.1 Å². The Morgan fingerprint density at radius 1 is 1.50 bits per heavy atom. The van der Waals surface area contributed by atoms with Crippen molar-refractivity contribution in [3.05, 3.63) is 23.3 Å². The maximum atomic E-state index is 10.4. The highest BCUT2D eigenvalue weighted by atomic mass is 16.4. The SMILES string of the molecule is Cc1cc(C)c(N)c(NCC(=O)O)c1. The average Bonchev–Trinajstić information content (AvgIpc) is 2.08. The van der Waals surface area contributed by atoms with Gasteiger partial charge in [0.25, 0.3) is 0 Å². The molecule has 0 bridgehead atoms. The summed E-state index contributed by atoms with van der Waals surface area (Å²) in [7, 11) is 0. The monoisotopic (exact) mass is 194 g/mol. The Morgan fingerprint density at radius 2 is 2.14 bits per heavy atom. The molecule has 0 aromatic heterocycles. The molecule has 1 aromatic carbocycles. The zero-order chi connectivity index (χ0) is 10.7. The number of anilines is 2. The number of hydrogen-bond acceptors (Lipinski definition) is 3. The molecule has 0 saturated carbocycles. The molecule has 0 amide bonds.